The zero-order chi connectivity index (χ0) is 20.6. The molecule has 0 spiro atoms. The van der Waals surface area contributed by atoms with Crippen LogP contribution in [0.15, 0.2) is 35.9 Å². The predicted octanol–water partition coefficient (Wildman–Crippen LogP) is 2.46. The first-order chi connectivity index (χ1) is 14.0. The number of aliphatic hydroxyl groups is 1. The molecule has 0 aliphatic carbocycles. The number of piperidine rings is 1. The van der Waals surface area contributed by atoms with Gasteiger partial charge in [-0.2, -0.15) is 0 Å². The Bertz CT molecular complexity index is 681. The highest BCUT2D eigenvalue weighted by atomic mass is 16.5. The van der Waals surface area contributed by atoms with Gasteiger partial charge in [0.1, 0.15) is 18.5 Å². The van der Waals surface area contributed by atoms with Crippen LogP contribution in [0.4, 0.5) is 0 Å². The fraction of sp³-hybridized carbons (Fsp3) is 0.609. The van der Waals surface area contributed by atoms with Crippen molar-refractivity contribution < 1.29 is 19.4 Å². The fourth-order valence-corrected chi connectivity index (χ4v) is 3.97. The van der Waals surface area contributed by atoms with Crippen LogP contribution < -0.4 is 4.74 Å². The van der Waals surface area contributed by atoms with Crippen LogP contribution in [0, 0.1) is 5.92 Å². The summed E-state index contributed by atoms with van der Waals surface area (Å²) in [5.41, 5.74) is 2.76. The van der Waals surface area contributed by atoms with Crippen molar-refractivity contribution in [2.24, 2.45) is 5.92 Å². The van der Waals surface area contributed by atoms with Crippen LogP contribution in [0.2, 0.25) is 0 Å². The second-order valence-corrected chi connectivity index (χ2v) is 8.24. The number of rotatable bonds is 8. The number of hydrogen-bond donors (Lipinski definition) is 1. The van der Waals surface area contributed by atoms with Crippen LogP contribution in [0.1, 0.15) is 31.7 Å². The number of carbonyl (C=O) groups excluding carboxylic acids is 1. The average Bonchev–Trinajstić information content (AvgIpc) is 2.75. The summed E-state index contributed by atoms with van der Waals surface area (Å²) < 4.78 is 10.6. The van der Waals surface area contributed by atoms with Gasteiger partial charge in [0, 0.05) is 26.2 Å². The summed E-state index contributed by atoms with van der Waals surface area (Å²) in [4.78, 5) is 16.2. The van der Waals surface area contributed by atoms with Crippen molar-refractivity contribution in [2.45, 2.75) is 38.8 Å². The Balaban J connectivity index is 1.36. The number of nitrogens with zero attached hydrogens (tertiary/aromatic N) is 2. The van der Waals surface area contributed by atoms with Gasteiger partial charge in [0.15, 0.2) is 0 Å². The minimum atomic E-state index is -0.548. The molecule has 0 saturated carbocycles. The van der Waals surface area contributed by atoms with Crippen LogP contribution in [0.5, 0.6) is 5.75 Å². The SMILES string of the molecule is COC(=O)C1CCN(C[C@@H](O)COc2ccc(CN3CC=C(C)CC3)cc2)CC1. The van der Waals surface area contributed by atoms with Gasteiger partial charge < -0.3 is 19.5 Å². The lowest BCUT2D eigenvalue weighted by Gasteiger charge is -2.31. The lowest BCUT2D eigenvalue weighted by atomic mass is 9.97. The zero-order valence-electron chi connectivity index (χ0n) is 17.7. The number of benzene rings is 1. The normalized spacial score (nSPS) is 20.2. The highest BCUT2D eigenvalue weighted by Crippen LogP contribution is 2.19. The third kappa shape index (κ3) is 6.84. The molecular formula is C23H34N2O4. The van der Waals surface area contributed by atoms with Crippen molar-refractivity contribution in [3.63, 3.8) is 0 Å². The topological polar surface area (TPSA) is 62.2 Å². The van der Waals surface area contributed by atoms with E-state index < -0.39 is 6.10 Å². The van der Waals surface area contributed by atoms with Gasteiger partial charge in [-0.3, -0.25) is 9.69 Å². The Kier molecular flexibility index (Phi) is 8.09. The molecule has 1 aromatic carbocycles. The molecule has 1 N–H and O–H groups in total. The van der Waals surface area contributed by atoms with Crippen LogP contribution in [0.25, 0.3) is 0 Å². The second kappa shape index (κ2) is 10.8. The lowest BCUT2D eigenvalue weighted by Crippen LogP contribution is -2.42. The third-order valence-corrected chi connectivity index (χ3v) is 5.88. The first-order valence-corrected chi connectivity index (χ1v) is 10.6. The van der Waals surface area contributed by atoms with Crippen LogP contribution in [-0.2, 0) is 16.1 Å². The molecular weight excluding hydrogens is 368 g/mol. The first-order valence-electron chi connectivity index (χ1n) is 10.6. The maximum Gasteiger partial charge on any atom is 0.308 e. The van der Waals surface area contributed by atoms with E-state index in [-0.39, 0.29) is 18.5 Å². The summed E-state index contributed by atoms with van der Waals surface area (Å²) in [5, 5.41) is 10.3. The molecule has 2 heterocycles. The van der Waals surface area contributed by atoms with Gasteiger partial charge in [0.25, 0.3) is 0 Å². The van der Waals surface area contributed by atoms with E-state index in [1.165, 1.54) is 18.2 Å². The predicted molar refractivity (Wildman–Crippen MR) is 113 cm³/mol. The summed E-state index contributed by atoms with van der Waals surface area (Å²) in [6.07, 6.45) is 4.48. The second-order valence-electron chi connectivity index (χ2n) is 8.24. The van der Waals surface area contributed by atoms with Crippen molar-refractivity contribution in [3.05, 3.63) is 41.5 Å². The van der Waals surface area contributed by atoms with E-state index in [1.807, 2.05) is 12.1 Å². The molecule has 6 heteroatoms. The summed E-state index contributed by atoms with van der Waals surface area (Å²) in [7, 11) is 1.44. The molecule has 3 rings (SSSR count). The molecule has 1 atom stereocenters. The van der Waals surface area contributed by atoms with E-state index in [9.17, 15) is 9.90 Å². The lowest BCUT2D eigenvalue weighted by molar-refractivity contribution is -0.147. The zero-order valence-corrected chi connectivity index (χ0v) is 17.7. The van der Waals surface area contributed by atoms with Gasteiger partial charge in [-0.15, -0.1) is 0 Å². The molecule has 160 valence electrons. The minimum Gasteiger partial charge on any atom is -0.491 e. The molecule has 0 radical (unpaired) electrons. The molecule has 29 heavy (non-hydrogen) atoms. The Morgan fingerprint density at radius 1 is 1.17 bits per heavy atom. The molecule has 2 aliphatic heterocycles. The number of carbonyl (C=O) groups is 1. The van der Waals surface area contributed by atoms with Crippen molar-refractivity contribution in [3.8, 4) is 5.75 Å². The van der Waals surface area contributed by atoms with Gasteiger partial charge in [0.2, 0.25) is 0 Å². The van der Waals surface area contributed by atoms with Crippen molar-refractivity contribution >= 4 is 5.97 Å². The molecule has 1 aromatic rings. The molecule has 0 unspecified atom stereocenters. The number of ether oxygens (including phenoxy) is 2. The van der Waals surface area contributed by atoms with E-state index in [2.05, 4.69) is 34.9 Å². The number of aliphatic hydroxyl groups excluding tert-OH is 1. The molecule has 1 fully saturated rings. The van der Waals surface area contributed by atoms with E-state index in [0.29, 0.717) is 6.54 Å². The summed E-state index contributed by atoms with van der Waals surface area (Å²) in [5.74, 6) is 0.656. The number of hydrogen-bond acceptors (Lipinski definition) is 6. The Morgan fingerprint density at radius 3 is 2.52 bits per heavy atom. The number of methoxy groups -OCH3 is 1. The molecule has 0 bridgehead atoms. The standard InChI is InChI=1S/C23H34N2O4/c1-18-7-11-24(12-8-18)15-19-3-5-22(6-4-19)29-17-21(26)16-25-13-9-20(10-14-25)23(27)28-2/h3-7,20-21,26H,8-17H2,1-2H3/t21-/m1/s1. The molecule has 2 aliphatic rings. The van der Waals surface area contributed by atoms with Gasteiger partial charge in [-0.1, -0.05) is 23.8 Å². The van der Waals surface area contributed by atoms with Gasteiger partial charge in [-0.05, 0) is 57.0 Å². The highest BCUT2D eigenvalue weighted by molar-refractivity contribution is 5.72. The monoisotopic (exact) mass is 402 g/mol. The van der Waals surface area contributed by atoms with Gasteiger partial charge in [-0.25, -0.2) is 0 Å². The maximum absolute atomic E-state index is 11.6. The quantitative estimate of drug-likeness (QED) is 0.532. The van der Waals surface area contributed by atoms with Crippen LogP contribution >= 0.6 is 0 Å². The number of β-amino-alcohol motifs (C(OH)–C–C–N with tert-alkyl or cyclic N) is 1. The minimum absolute atomic E-state index is 0.00635. The van der Waals surface area contributed by atoms with E-state index >= 15 is 0 Å². The highest BCUT2D eigenvalue weighted by Gasteiger charge is 2.26. The maximum atomic E-state index is 11.6. The summed E-state index contributed by atoms with van der Waals surface area (Å²) in [6.45, 7) is 7.72. The van der Waals surface area contributed by atoms with Crippen molar-refractivity contribution in [2.75, 3.05) is 46.4 Å². The van der Waals surface area contributed by atoms with Crippen molar-refractivity contribution in [1.82, 2.24) is 9.80 Å². The molecule has 0 amide bonds. The molecule has 0 aromatic heterocycles. The summed E-state index contributed by atoms with van der Waals surface area (Å²) >= 11 is 0. The number of esters is 1. The number of likely N-dealkylation sites (tertiary alicyclic amines) is 1. The van der Waals surface area contributed by atoms with E-state index in [0.717, 1.165) is 57.7 Å². The third-order valence-electron chi connectivity index (χ3n) is 5.88. The Morgan fingerprint density at radius 2 is 1.90 bits per heavy atom. The molecule has 1 saturated heterocycles. The van der Waals surface area contributed by atoms with E-state index in [4.69, 9.17) is 9.47 Å². The summed E-state index contributed by atoms with van der Waals surface area (Å²) in [6, 6.07) is 8.17. The fourth-order valence-electron chi connectivity index (χ4n) is 3.97. The van der Waals surface area contributed by atoms with Gasteiger partial charge in [0.05, 0.1) is 13.0 Å². The molecule has 6 nitrogen and oxygen atoms in total. The van der Waals surface area contributed by atoms with Crippen LogP contribution in [0.3, 0.4) is 0 Å². The Hall–Kier alpha value is -1.89. The van der Waals surface area contributed by atoms with Crippen LogP contribution in [-0.4, -0.2) is 73.4 Å². The first kappa shape index (κ1) is 21.8. The van der Waals surface area contributed by atoms with Gasteiger partial charge >= 0.3 is 5.97 Å². The van der Waals surface area contributed by atoms with Crippen molar-refractivity contribution in [1.29, 1.82) is 0 Å². The smallest absolute Gasteiger partial charge is 0.308 e. The Labute approximate surface area is 174 Å². The average molecular weight is 403 g/mol. The van der Waals surface area contributed by atoms with E-state index in [1.54, 1.807) is 0 Å². The largest absolute Gasteiger partial charge is 0.491 e.